The minimum absolute atomic E-state index is 0.0648. The number of rotatable bonds is 8. The summed E-state index contributed by atoms with van der Waals surface area (Å²) >= 11 is 0. The fourth-order valence-electron chi connectivity index (χ4n) is 3.42. The summed E-state index contributed by atoms with van der Waals surface area (Å²) in [5.74, 6) is -1.47. The quantitative estimate of drug-likeness (QED) is 0.346. The standard InChI is InChI=1S/C21H23N3O8S/c1-14-5-8-16(9-6-14)33(29,30)23-11-3-4-18(23)21(26)32-13-20(25)22-17-10-7-15(24(27)28)12-19(17)31-2/h5-10,12,18H,3-4,11,13H2,1-2H3,(H,22,25)/t18-/m0/s1. The number of sulfonamides is 1. The van der Waals surface area contributed by atoms with Gasteiger partial charge in [-0.3, -0.25) is 19.7 Å². The first-order valence-corrected chi connectivity index (χ1v) is 11.4. The largest absolute Gasteiger partial charge is 0.494 e. The Hall–Kier alpha value is -3.51. The summed E-state index contributed by atoms with van der Waals surface area (Å²) in [6, 6.07) is 8.92. The van der Waals surface area contributed by atoms with Gasteiger partial charge in [0.15, 0.2) is 6.61 Å². The predicted octanol–water partition coefficient (Wildman–Crippen LogP) is 2.25. The van der Waals surface area contributed by atoms with Crippen LogP contribution in [0.1, 0.15) is 18.4 Å². The van der Waals surface area contributed by atoms with E-state index in [0.29, 0.717) is 6.42 Å². The Morgan fingerprint density at radius 3 is 2.55 bits per heavy atom. The average molecular weight is 477 g/mol. The number of hydrogen-bond donors (Lipinski definition) is 1. The predicted molar refractivity (Wildman–Crippen MR) is 117 cm³/mol. The molecule has 1 atom stereocenters. The Morgan fingerprint density at radius 2 is 1.91 bits per heavy atom. The van der Waals surface area contributed by atoms with E-state index >= 15 is 0 Å². The lowest BCUT2D eigenvalue weighted by Gasteiger charge is -2.22. The van der Waals surface area contributed by atoms with Crippen LogP contribution in [0.3, 0.4) is 0 Å². The molecular weight excluding hydrogens is 454 g/mol. The maximum Gasteiger partial charge on any atom is 0.324 e. The zero-order valence-electron chi connectivity index (χ0n) is 18.0. The van der Waals surface area contributed by atoms with E-state index in [9.17, 15) is 28.1 Å². The van der Waals surface area contributed by atoms with Crippen molar-refractivity contribution in [1.29, 1.82) is 0 Å². The summed E-state index contributed by atoms with van der Waals surface area (Å²) < 4.78 is 37.1. The van der Waals surface area contributed by atoms with E-state index in [1.165, 1.54) is 31.4 Å². The summed E-state index contributed by atoms with van der Waals surface area (Å²) in [6.07, 6.45) is 0.763. The summed E-state index contributed by atoms with van der Waals surface area (Å²) in [5.41, 5.74) is 0.850. The number of carbonyl (C=O) groups is 2. The molecule has 0 spiro atoms. The number of carbonyl (C=O) groups excluding carboxylic acids is 2. The molecule has 1 aliphatic heterocycles. The van der Waals surface area contributed by atoms with Crippen LogP contribution in [0.2, 0.25) is 0 Å². The molecule has 0 aromatic heterocycles. The first kappa shape index (κ1) is 24.1. The van der Waals surface area contributed by atoms with Crippen molar-refractivity contribution in [3.05, 3.63) is 58.1 Å². The van der Waals surface area contributed by atoms with E-state index in [-0.39, 0.29) is 35.0 Å². The van der Waals surface area contributed by atoms with Crippen LogP contribution in [0.4, 0.5) is 11.4 Å². The molecule has 1 amide bonds. The molecule has 33 heavy (non-hydrogen) atoms. The number of nitrogens with one attached hydrogen (secondary N) is 1. The van der Waals surface area contributed by atoms with Gasteiger partial charge in [-0.25, -0.2) is 8.42 Å². The molecule has 176 valence electrons. The number of hydrogen-bond acceptors (Lipinski definition) is 8. The van der Waals surface area contributed by atoms with Crippen molar-refractivity contribution in [2.45, 2.75) is 30.7 Å². The van der Waals surface area contributed by atoms with Crippen molar-refractivity contribution < 1.29 is 32.4 Å². The number of amides is 1. The number of aryl methyl sites for hydroxylation is 1. The van der Waals surface area contributed by atoms with Gasteiger partial charge in [0.25, 0.3) is 11.6 Å². The highest BCUT2D eigenvalue weighted by Crippen LogP contribution is 2.29. The molecule has 0 aliphatic carbocycles. The molecule has 0 radical (unpaired) electrons. The van der Waals surface area contributed by atoms with Crippen LogP contribution in [-0.2, 0) is 24.3 Å². The fourth-order valence-corrected chi connectivity index (χ4v) is 5.07. The summed E-state index contributed by atoms with van der Waals surface area (Å²) in [5, 5.41) is 13.3. The Bertz CT molecular complexity index is 1160. The van der Waals surface area contributed by atoms with E-state index in [1.54, 1.807) is 12.1 Å². The van der Waals surface area contributed by atoms with Gasteiger partial charge in [-0.05, 0) is 38.0 Å². The molecule has 1 heterocycles. The number of non-ortho nitro benzene ring substituents is 1. The molecule has 12 heteroatoms. The lowest BCUT2D eigenvalue weighted by Crippen LogP contribution is -2.42. The van der Waals surface area contributed by atoms with Crippen LogP contribution in [0.5, 0.6) is 5.75 Å². The second kappa shape index (κ2) is 9.96. The topological polar surface area (TPSA) is 145 Å². The van der Waals surface area contributed by atoms with E-state index in [4.69, 9.17) is 9.47 Å². The second-order valence-electron chi connectivity index (χ2n) is 7.38. The third-order valence-corrected chi connectivity index (χ3v) is 7.04. The number of nitrogens with zero attached hydrogens (tertiary/aromatic N) is 2. The average Bonchev–Trinajstić information content (AvgIpc) is 3.29. The normalized spacial score (nSPS) is 16.2. The van der Waals surface area contributed by atoms with Crippen molar-refractivity contribution in [3.63, 3.8) is 0 Å². The monoisotopic (exact) mass is 477 g/mol. The van der Waals surface area contributed by atoms with E-state index < -0.39 is 39.5 Å². The maximum atomic E-state index is 13.0. The first-order valence-electron chi connectivity index (χ1n) is 10.0. The Morgan fingerprint density at radius 1 is 1.21 bits per heavy atom. The molecule has 1 aliphatic rings. The van der Waals surface area contributed by atoms with Gasteiger partial charge < -0.3 is 14.8 Å². The van der Waals surface area contributed by atoms with Gasteiger partial charge >= 0.3 is 5.97 Å². The number of nitro benzene ring substituents is 1. The van der Waals surface area contributed by atoms with Gasteiger partial charge in [0.1, 0.15) is 11.8 Å². The van der Waals surface area contributed by atoms with Crippen LogP contribution >= 0.6 is 0 Å². The lowest BCUT2D eigenvalue weighted by molar-refractivity contribution is -0.384. The van der Waals surface area contributed by atoms with Crippen molar-refractivity contribution >= 4 is 33.3 Å². The van der Waals surface area contributed by atoms with Gasteiger partial charge in [0.05, 0.1) is 28.7 Å². The van der Waals surface area contributed by atoms with Gasteiger partial charge in [0.2, 0.25) is 10.0 Å². The van der Waals surface area contributed by atoms with Gasteiger partial charge in [-0.2, -0.15) is 4.31 Å². The van der Waals surface area contributed by atoms with Crippen LogP contribution in [0, 0.1) is 17.0 Å². The van der Waals surface area contributed by atoms with E-state index in [2.05, 4.69) is 5.32 Å². The Kier molecular flexibility index (Phi) is 7.29. The summed E-state index contributed by atoms with van der Waals surface area (Å²) in [4.78, 5) is 35.2. The lowest BCUT2D eigenvalue weighted by atomic mass is 10.2. The minimum atomic E-state index is -3.90. The number of benzene rings is 2. The van der Waals surface area contributed by atoms with Gasteiger partial charge in [-0.1, -0.05) is 17.7 Å². The molecule has 0 bridgehead atoms. The smallest absolute Gasteiger partial charge is 0.324 e. The van der Waals surface area contributed by atoms with Crippen molar-refractivity contribution in [1.82, 2.24) is 4.31 Å². The highest BCUT2D eigenvalue weighted by Gasteiger charge is 2.40. The Balaban J connectivity index is 1.63. The van der Waals surface area contributed by atoms with E-state index in [1.807, 2.05) is 6.92 Å². The number of anilines is 1. The SMILES string of the molecule is COc1cc([N+](=O)[O-])ccc1NC(=O)COC(=O)[C@@H]1CCCN1S(=O)(=O)c1ccc(C)cc1. The molecule has 0 saturated carbocycles. The molecule has 1 fully saturated rings. The number of nitro groups is 1. The second-order valence-corrected chi connectivity index (χ2v) is 9.27. The van der Waals surface area contributed by atoms with Crippen LogP contribution in [-0.4, -0.2) is 55.8 Å². The van der Waals surface area contributed by atoms with Crippen molar-refractivity contribution in [2.24, 2.45) is 0 Å². The third-order valence-electron chi connectivity index (χ3n) is 5.12. The first-order chi connectivity index (χ1) is 15.6. The highest BCUT2D eigenvalue weighted by molar-refractivity contribution is 7.89. The third kappa shape index (κ3) is 5.46. The highest BCUT2D eigenvalue weighted by atomic mass is 32.2. The van der Waals surface area contributed by atoms with Gasteiger partial charge in [0, 0.05) is 12.6 Å². The molecule has 0 unspecified atom stereocenters. The zero-order chi connectivity index (χ0) is 24.2. The molecule has 1 N–H and O–H groups in total. The fraction of sp³-hybridized carbons (Fsp3) is 0.333. The molecule has 2 aromatic rings. The van der Waals surface area contributed by atoms with Crippen molar-refractivity contribution in [3.8, 4) is 5.75 Å². The molecule has 1 saturated heterocycles. The molecule has 3 rings (SSSR count). The minimum Gasteiger partial charge on any atom is -0.494 e. The summed E-state index contributed by atoms with van der Waals surface area (Å²) in [7, 11) is -2.61. The number of methoxy groups -OCH3 is 1. The molecule has 2 aromatic carbocycles. The Labute approximate surface area is 190 Å². The maximum absolute atomic E-state index is 13.0. The number of esters is 1. The zero-order valence-corrected chi connectivity index (χ0v) is 18.8. The number of ether oxygens (including phenoxy) is 2. The van der Waals surface area contributed by atoms with Gasteiger partial charge in [-0.15, -0.1) is 0 Å². The van der Waals surface area contributed by atoms with Crippen molar-refractivity contribution in [2.75, 3.05) is 25.6 Å². The molecule has 11 nitrogen and oxygen atoms in total. The molecular formula is C21H23N3O8S. The van der Waals surface area contributed by atoms with E-state index in [0.717, 1.165) is 15.9 Å². The van der Waals surface area contributed by atoms with Crippen LogP contribution in [0.25, 0.3) is 0 Å². The van der Waals surface area contributed by atoms with Crippen LogP contribution < -0.4 is 10.1 Å². The summed E-state index contributed by atoms with van der Waals surface area (Å²) in [6.45, 7) is 1.35. The van der Waals surface area contributed by atoms with Crippen LogP contribution in [0.15, 0.2) is 47.4 Å².